The molecule has 0 bridgehead atoms. The quantitative estimate of drug-likeness (QED) is 0.783. The van der Waals surface area contributed by atoms with E-state index in [-0.39, 0.29) is 6.10 Å². The van der Waals surface area contributed by atoms with Crippen LogP contribution in [0.2, 0.25) is 0 Å². The first kappa shape index (κ1) is 14.0. The third kappa shape index (κ3) is 3.12. The maximum absolute atomic E-state index is 10.9. The average molecular weight is 272 g/mol. The second kappa shape index (κ2) is 6.14. The summed E-state index contributed by atoms with van der Waals surface area (Å²) in [4.78, 5) is 19.1. The zero-order chi connectivity index (χ0) is 14.5. The summed E-state index contributed by atoms with van der Waals surface area (Å²) in [5, 5.41) is 0. The highest BCUT2D eigenvalue weighted by molar-refractivity contribution is 5.81. The van der Waals surface area contributed by atoms with Gasteiger partial charge in [-0.2, -0.15) is 0 Å². The van der Waals surface area contributed by atoms with Gasteiger partial charge in [0.1, 0.15) is 12.0 Å². The lowest BCUT2D eigenvalue weighted by Gasteiger charge is -2.14. The summed E-state index contributed by atoms with van der Waals surface area (Å²) in [5.74, 6) is 0.694. The lowest BCUT2D eigenvalue weighted by molar-refractivity contribution is 0.112. The number of benzene rings is 1. The fourth-order valence-electron chi connectivity index (χ4n) is 1.76. The molecule has 1 aromatic heterocycles. The Hall–Kier alpha value is -2.43. The van der Waals surface area contributed by atoms with Crippen LogP contribution in [0.25, 0.3) is 11.1 Å². The molecule has 0 saturated carbocycles. The zero-order valence-corrected chi connectivity index (χ0v) is 11.7. The van der Waals surface area contributed by atoms with Crippen molar-refractivity contribution in [2.45, 2.75) is 20.0 Å². The second-order valence-corrected chi connectivity index (χ2v) is 4.50. The third-order valence-corrected chi connectivity index (χ3v) is 2.62. The maximum Gasteiger partial charge on any atom is 0.316 e. The molecule has 2 aromatic rings. The topological polar surface area (TPSA) is 61.3 Å². The van der Waals surface area contributed by atoms with E-state index in [0.29, 0.717) is 17.3 Å². The SMILES string of the molecule is COc1ncc(-c2cc(C=O)ccc2OC(C)C)cn1. The number of methoxy groups -OCH3 is 1. The summed E-state index contributed by atoms with van der Waals surface area (Å²) in [6.07, 6.45) is 4.12. The Morgan fingerprint density at radius 1 is 1.20 bits per heavy atom. The number of ether oxygens (including phenoxy) is 2. The molecule has 0 spiro atoms. The molecule has 104 valence electrons. The van der Waals surface area contributed by atoms with Crippen LogP contribution in [0.15, 0.2) is 30.6 Å². The lowest BCUT2D eigenvalue weighted by atomic mass is 10.0. The van der Waals surface area contributed by atoms with Gasteiger partial charge >= 0.3 is 6.01 Å². The van der Waals surface area contributed by atoms with Gasteiger partial charge in [-0.3, -0.25) is 4.79 Å². The van der Waals surface area contributed by atoms with Crippen LogP contribution >= 0.6 is 0 Å². The molecule has 0 aliphatic heterocycles. The molecular formula is C15H16N2O3. The van der Waals surface area contributed by atoms with Gasteiger partial charge in [-0.1, -0.05) is 0 Å². The Labute approximate surface area is 117 Å². The summed E-state index contributed by atoms with van der Waals surface area (Å²) >= 11 is 0. The Bertz CT molecular complexity index is 595. The number of rotatable bonds is 5. The fraction of sp³-hybridized carbons (Fsp3) is 0.267. The molecule has 5 heteroatoms. The molecule has 0 aliphatic carbocycles. The van der Waals surface area contributed by atoms with E-state index >= 15 is 0 Å². The van der Waals surface area contributed by atoms with E-state index in [1.807, 2.05) is 13.8 Å². The molecule has 0 amide bonds. The number of carbonyl (C=O) groups excluding carboxylic acids is 1. The van der Waals surface area contributed by atoms with E-state index in [1.54, 1.807) is 30.6 Å². The molecule has 0 saturated heterocycles. The van der Waals surface area contributed by atoms with Crippen molar-refractivity contribution in [3.05, 3.63) is 36.2 Å². The molecule has 0 atom stereocenters. The summed E-state index contributed by atoms with van der Waals surface area (Å²) < 4.78 is 10.7. The predicted octanol–water partition coefficient (Wildman–Crippen LogP) is 2.75. The number of aldehydes is 1. The van der Waals surface area contributed by atoms with Gasteiger partial charge in [-0.05, 0) is 32.0 Å². The van der Waals surface area contributed by atoms with E-state index in [0.717, 1.165) is 17.4 Å². The predicted molar refractivity (Wildman–Crippen MR) is 75.2 cm³/mol. The maximum atomic E-state index is 10.9. The minimum absolute atomic E-state index is 0.0370. The fourth-order valence-corrected chi connectivity index (χ4v) is 1.76. The molecular weight excluding hydrogens is 256 g/mol. The minimum Gasteiger partial charge on any atom is -0.490 e. The number of hydrogen-bond acceptors (Lipinski definition) is 5. The largest absolute Gasteiger partial charge is 0.490 e. The Morgan fingerprint density at radius 3 is 2.45 bits per heavy atom. The molecule has 0 radical (unpaired) electrons. The third-order valence-electron chi connectivity index (χ3n) is 2.62. The van der Waals surface area contributed by atoms with Crippen molar-refractivity contribution in [2.24, 2.45) is 0 Å². The van der Waals surface area contributed by atoms with E-state index in [9.17, 15) is 4.79 Å². The second-order valence-electron chi connectivity index (χ2n) is 4.50. The van der Waals surface area contributed by atoms with Gasteiger partial charge in [-0.15, -0.1) is 0 Å². The van der Waals surface area contributed by atoms with Gasteiger partial charge in [0.05, 0.1) is 13.2 Å². The molecule has 5 nitrogen and oxygen atoms in total. The van der Waals surface area contributed by atoms with Gasteiger partial charge < -0.3 is 9.47 Å². The molecule has 1 heterocycles. The molecule has 20 heavy (non-hydrogen) atoms. The standard InChI is InChI=1S/C15H16N2O3/c1-10(2)20-14-5-4-11(9-18)6-13(14)12-7-16-15(19-3)17-8-12/h4-10H,1-3H3. The van der Waals surface area contributed by atoms with Crippen molar-refractivity contribution in [3.63, 3.8) is 0 Å². The van der Waals surface area contributed by atoms with E-state index in [1.165, 1.54) is 7.11 Å². The van der Waals surface area contributed by atoms with Crippen molar-refractivity contribution in [2.75, 3.05) is 7.11 Å². The van der Waals surface area contributed by atoms with Crippen molar-refractivity contribution >= 4 is 6.29 Å². The summed E-state index contributed by atoms with van der Waals surface area (Å²) in [7, 11) is 1.51. The number of nitrogens with zero attached hydrogens (tertiary/aromatic N) is 2. The van der Waals surface area contributed by atoms with E-state index in [4.69, 9.17) is 9.47 Å². The van der Waals surface area contributed by atoms with Gasteiger partial charge in [0.15, 0.2) is 0 Å². The first-order valence-electron chi connectivity index (χ1n) is 6.26. The molecule has 1 aromatic carbocycles. The smallest absolute Gasteiger partial charge is 0.316 e. The van der Waals surface area contributed by atoms with Gasteiger partial charge in [0.2, 0.25) is 0 Å². The van der Waals surface area contributed by atoms with Crippen LogP contribution in [0.5, 0.6) is 11.8 Å². The van der Waals surface area contributed by atoms with Crippen LogP contribution < -0.4 is 9.47 Å². The number of aromatic nitrogens is 2. The van der Waals surface area contributed by atoms with Crippen LogP contribution in [0.3, 0.4) is 0 Å². The van der Waals surface area contributed by atoms with Crippen molar-refractivity contribution < 1.29 is 14.3 Å². The molecule has 0 N–H and O–H groups in total. The van der Waals surface area contributed by atoms with Gasteiger partial charge in [0, 0.05) is 29.1 Å². The van der Waals surface area contributed by atoms with Crippen LogP contribution in [0, 0.1) is 0 Å². The van der Waals surface area contributed by atoms with Crippen LogP contribution in [0.1, 0.15) is 24.2 Å². The van der Waals surface area contributed by atoms with E-state index in [2.05, 4.69) is 9.97 Å². The van der Waals surface area contributed by atoms with Crippen LogP contribution in [-0.2, 0) is 0 Å². The first-order chi connectivity index (χ1) is 9.63. The number of hydrogen-bond donors (Lipinski definition) is 0. The number of carbonyl (C=O) groups is 1. The normalized spacial score (nSPS) is 10.4. The monoisotopic (exact) mass is 272 g/mol. The Morgan fingerprint density at radius 2 is 1.90 bits per heavy atom. The Balaban J connectivity index is 2.47. The average Bonchev–Trinajstić information content (AvgIpc) is 2.47. The summed E-state index contributed by atoms with van der Waals surface area (Å²) in [5.41, 5.74) is 2.13. The van der Waals surface area contributed by atoms with Crippen molar-refractivity contribution in [3.8, 4) is 22.9 Å². The first-order valence-corrected chi connectivity index (χ1v) is 6.26. The highest BCUT2D eigenvalue weighted by atomic mass is 16.5. The molecule has 2 rings (SSSR count). The van der Waals surface area contributed by atoms with Gasteiger partial charge in [0.25, 0.3) is 0 Å². The van der Waals surface area contributed by atoms with Crippen molar-refractivity contribution in [1.29, 1.82) is 0 Å². The van der Waals surface area contributed by atoms with Crippen molar-refractivity contribution in [1.82, 2.24) is 9.97 Å². The van der Waals surface area contributed by atoms with Gasteiger partial charge in [-0.25, -0.2) is 9.97 Å². The Kier molecular flexibility index (Phi) is 4.30. The molecule has 0 unspecified atom stereocenters. The molecule has 0 fully saturated rings. The summed E-state index contributed by atoms with van der Waals surface area (Å²) in [6, 6.07) is 5.56. The zero-order valence-electron chi connectivity index (χ0n) is 11.7. The lowest BCUT2D eigenvalue weighted by Crippen LogP contribution is -2.07. The molecule has 0 aliphatic rings. The highest BCUT2D eigenvalue weighted by Gasteiger charge is 2.10. The highest BCUT2D eigenvalue weighted by Crippen LogP contribution is 2.31. The summed E-state index contributed by atoms with van der Waals surface area (Å²) in [6.45, 7) is 3.89. The minimum atomic E-state index is 0.0370. The van der Waals surface area contributed by atoms with E-state index < -0.39 is 0 Å². The van der Waals surface area contributed by atoms with Crippen LogP contribution in [-0.4, -0.2) is 29.5 Å². The van der Waals surface area contributed by atoms with Crippen LogP contribution in [0.4, 0.5) is 0 Å².